The Morgan fingerprint density at radius 3 is 1.56 bits per heavy atom. The second-order valence-electron chi connectivity index (χ2n) is 3.91. The van der Waals surface area contributed by atoms with Crippen molar-refractivity contribution in [2.24, 2.45) is 0 Å². The first-order valence-electron chi connectivity index (χ1n) is 6.33. The minimum Gasteiger partial charge on any atom is -0.388 e. The van der Waals surface area contributed by atoms with Gasteiger partial charge in [0.15, 0.2) is 0 Å². The second-order valence-corrected chi connectivity index (χ2v) is 3.91. The third kappa shape index (κ3) is 18.4. The zero-order valence-electron chi connectivity index (χ0n) is 17.4. The van der Waals surface area contributed by atoms with Gasteiger partial charge in [-0.2, -0.15) is 6.08 Å². The Balaban J connectivity index is -0.0000000332. The fourth-order valence-electron chi connectivity index (χ4n) is 1.90. The van der Waals surface area contributed by atoms with Crippen molar-refractivity contribution < 1.29 is 21.7 Å². The van der Waals surface area contributed by atoms with Gasteiger partial charge in [-0.1, -0.05) is 32.0 Å². The molecular weight excluding hydrogens is 385 g/mol. The van der Waals surface area contributed by atoms with Gasteiger partial charge in [-0.3, -0.25) is 6.08 Å². The summed E-state index contributed by atoms with van der Waals surface area (Å²) in [6.07, 6.45) is 12.2. The maximum Gasteiger partial charge on any atom is 0.0402 e. The number of allylic oxidation sites excluding steroid dienone is 4. The van der Waals surface area contributed by atoms with Crippen LogP contribution in [0, 0.1) is 43.2 Å². The molecule has 1 nitrogen and oxygen atoms in total. The minimum atomic E-state index is 0. The van der Waals surface area contributed by atoms with Crippen LogP contribution in [-0.2, 0) is 34.6 Å². The quantitative estimate of drug-likeness (QED) is 0.398. The number of halogens is 2. The summed E-state index contributed by atoms with van der Waals surface area (Å²) in [7, 11) is 1.99. The first-order chi connectivity index (χ1) is 8.33. The van der Waals surface area contributed by atoms with E-state index in [2.05, 4.69) is 49.5 Å². The molecule has 0 spiro atoms. The van der Waals surface area contributed by atoms with Gasteiger partial charge in [-0.05, 0) is 24.0 Å². The van der Waals surface area contributed by atoms with Gasteiger partial charge in [0.25, 0.3) is 0 Å². The number of rotatable bonds is 3. The SMILES string of the molecule is CCc1cccc(CC)c1NC.Cl.Cl.[C-]1=CC=CC1.[CH3-].[CH3-].[CH3-].[CH3-].[CH3-].[Ti]. The van der Waals surface area contributed by atoms with E-state index in [1.54, 1.807) is 0 Å². The summed E-state index contributed by atoms with van der Waals surface area (Å²) in [6, 6.07) is 6.51. The molecular formula is C21H39Cl2NTi-6. The Hall–Kier alpha value is -0.206. The fraction of sp³-hybridized carbons (Fsp3) is 0.286. The molecule has 0 unspecified atom stereocenters. The molecule has 4 heteroatoms. The second kappa shape index (κ2) is 31.6. The van der Waals surface area contributed by atoms with E-state index in [9.17, 15) is 0 Å². The molecule has 0 saturated carbocycles. The molecule has 0 saturated heterocycles. The van der Waals surface area contributed by atoms with Crippen LogP contribution in [-0.4, -0.2) is 7.05 Å². The molecule has 1 aromatic rings. The van der Waals surface area contributed by atoms with Gasteiger partial charge in [0.05, 0.1) is 0 Å². The van der Waals surface area contributed by atoms with Crippen molar-refractivity contribution in [3.8, 4) is 0 Å². The van der Waals surface area contributed by atoms with Crippen LogP contribution in [0.3, 0.4) is 0 Å². The largest absolute Gasteiger partial charge is 0.388 e. The smallest absolute Gasteiger partial charge is 0.0402 e. The summed E-state index contributed by atoms with van der Waals surface area (Å²) in [5, 5.41) is 3.27. The molecule has 0 bridgehead atoms. The number of nitrogens with one attached hydrogen (secondary N) is 1. The summed E-state index contributed by atoms with van der Waals surface area (Å²) in [6.45, 7) is 4.38. The van der Waals surface area contributed by atoms with Gasteiger partial charge in [0.2, 0.25) is 0 Å². The summed E-state index contributed by atoms with van der Waals surface area (Å²) >= 11 is 0. The number of hydrogen-bond donors (Lipinski definition) is 1. The van der Waals surface area contributed by atoms with E-state index in [-0.39, 0.29) is 83.7 Å². The molecule has 1 aliphatic rings. The van der Waals surface area contributed by atoms with Gasteiger partial charge in [-0.15, -0.1) is 31.2 Å². The van der Waals surface area contributed by atoms with Gasteiger partial charge in [0.1, 0.15) is 0 Å². The molecule has 0 atom stereocenters. The Labute approximate surface area is 187 Å². The summed E-state index contributed by atoms with van der Waals surface area (Å²) in [4.78, 5) is 0. The number of para-hydroxylation sites is 1. The van der Waals surface area contributed by atoms with Crippen molar-refractivity contribution in [1.82, 2.24) is 0 Å². The zero-order chi connectivity index (χ0) is 12.5. The average Bonchev–Trinajstić information content (AvgIpc) is 2.96. The summed E-state index contributed by atoms with van der Waals surface area (Å²) in [5.41, 5.74) is 4.15. The van der Waals surface area contributed by atoms with Crippen molar-refractivity contribution in [2.75, 3.05) is 12.4 Å². The van der Waals surface area contributed by atoms with Gasteiger partial charge in [-0.25, -0.2) is 12.2 Å². The predicted molar refractivity (Wildman–Crippen MR) is 123 cm³/mol. The standard InChI is InChI=1S/C11H17N.C5H5.5CH3.2ClH.Ti/c1-4-9-7-6-8-10(5-2)11(9)12-3;1-2-4-5-3-1;;;;;;;;/h6-8,12H,4-5H2,1-3H3;1-3H,4H2;5*1H3;2*1H;/q;6*-1;;;. The molecule has 1 aliphatic carbocycles. The molecule has 2 rings (SSSR count). The molecule has 0 heterocycles. The van der Waals surface area contributed by atoms with E-state index >= 15 is 0 Å². The molecule has 1 N–H and O–H groups in total. The van der Waals surface area contributed by atoms with Crippen LogP contribution in [0.25, 0.3) is 0 Å². The molecule has 0 amide bonds. The van der Waals surface area contributed by atoms with E-state index < -0.39 is 0 Å². The molecule has 25 heavy (non-hydrogen) atoms. The number of anilines is 1. The van der Waals surface area contributed by atoms with Crippen molar-refractivity contribution in [2.45, 2.75) is 33.1 Å². The van der Waals surface area contributed by atoms with Crippen molar-refractivity contribution in [1.29, 1.82) is 0 Å². The molecule has 0 fully saturated rings. The first kappa shape index (κ1) is 49.8. The van der Waals surface area contributed by atoms with Crippen molar-refractivity contribution in [3.63, 3.8) is 0 Å². The normalized spacial score (nSPS) is 8.28. The van der Waals surface area contributed by atoms with Crippen LogP contribution < -0.4 is 5.32 Å². The third-order valence-electron chi connectivity index (χ3n) is 2.83. The van der Waals surface area contributed by atoms with Crippen molar-refractivity contribution >= 4 is 30.5 Å². The van der Waals surface area contributed by atoms with E-state index in [1.165, 1.54) is 16.8 Å². The monoisotopic (exact) mass is 423 g/mol. The van der Waals surface area contributed by atoms with E-state index in [0.717, 1.165) is 19.3 Å². The van der Waals surface area contributed by atoms with E-state index in [0.29, 0.717) is 0 Å². The van der Waals surface area contributed by atoms with Gasteiger partial charge in [0, 0.05) is 34.5 Å². The fourth-order valence-corrected chi connectivity index (χ4v) is 1.90. The van der Waals surface area contributed by atoms with Crippen LogP contribution in [0.2, 0.25) is 0 Å². The average molecular weight is 424 g/mol. The van der Waals surface area contributed by atoms with Crippen LogP contribution in [0.4, 0.5) is 5.69 Å². The van der Waals surface area contributed by atoms with Gasteiger partial charge < -0.3 is 42.5 Å². The maximum absolute atomic E-state index is 3.27. The topological polar surface area (TPSA) is 12.0 Å². The zero-order valence-corrected chi connectivity index (χ0v) is 20.6. The number of aryl methyl sites for hydroxylation is 2. The molecule has 0 aliphatic heterocycles. The van der Waals surface area contributed by atoms with Crippen LogP contribution in [0.1, 0.15) is 31.4 Å². The molecule has 1 aromatic carbocycles. The third-order valence-corrected chi connectivity index (χ3v) is 2.83. The Kier molecular flexibility index (Phi) is 62.8. The Morgan fingerprint density at radius 2 is 1.36 bits per heavy atom. The number of benzene rings is 1. The molecule has 0 aromatic heterocycles. The van der Waals surface area contributed by atoms with Crippen LogP contribution in [0.15, 0.2) is 36.4 Å². The summed E-state index contributed by atoms with van der Waals surface area (Å²) in [5.74, 6) is 0. The molecule has 0 radical (unpaired) electrons. The summed E-state index contributed by atoms with van der Waals surface area (Å²) < 4.78 is 0. The predicted octanol–water partition coefficient (Wildman–Crippen LogP) is 7.25. The molecule has 152 valence electrons. The Bertz CT molecular complexity index is 373. The van der Waals surface area contributed by atoms with Crippen LogP contribution >= 0.6 is 24.8 Å². The number of hydrogen-bond acceptors (Lipinski definition) is 1. The van der Waals surface area contributed by atoms with Crippen LogP contribution in [0.5, 0.6) is 0 Å². The minimum absolute atomic E-state index is 0. The Morgan fingerprint density at radius 1 is 0.920 bits per heavy atom. The first-order valence-corrected chi connectivity index (χ1v) is 6.33. The van der Waals surface area contributed by atoms with Crippen molar-refractivity contribution in [3.05, 3.63) is 90.8 Å². The maximum atomic E-state index is 3.27. The van der Waals surface area contributed by atoms with E-state index in [4.69, 9.17) is 0 Å². The van der Waals surface area contributed by atoms with E-state index in [1.807, 2.05) is 19.2 Å². The van der Waals surface area contributed by atoms with Gasteiger partial charge >= 0.3 is 0 Å².